The van der Waals surface area contributed by atoms with Crippen molar-refractivity contribution in [3.8, 4) is 0 Å². The van der Waals surface area contributed by atoms with E-state index in [1.807, 2.05) is 35.2 Å². The number of hydrogen-bond acceptors (Lipinski definition) is 6. The number of carbonyl (C=O) groups is 1. The van der Waals surface area contributed by atoms with E-state index in [4.69, 9.17) is 5.73 Å². The molecule has 0 bridgehead atoms. The van der Waals surface area contributed by atoms with E-state index in [0.717, 1.165) is 24.9 Å². The predicted molar refractivity (Wildman–Crippen MR) is 135 cm³/mol. The molecule has 186 valence electrons. The monoisotopic (exact) mass is 489 g/mol. The van der Waals surface area contributed by atoms with Crippen LogP contribution in [0.4, 0.5) is 5.82 Å². The summed E-state index contributed by atoms with van der Waals surface area (Å²) >= 11 is 0. The van der Waals surface area contributed by atoms with E-state index in [0.29, 0.717) is 44.7 Å². The molecule has 2 aliphatic heterocycles. The summed E-state index contributed by atoms with van der Waals surface area (Å²) in [6, 6.07) is 11.7. The summed E-state index contributed by atoms with van der Waals surface area (Å²) in [7, 11) is 0. The molecule has 1 aromatic carbocycles. The minimum atomic E-state index is -1.03. The van der Waals surface area contributed by atoms with Crippen LogP contribution in [0.3, 0.4) is 0 Å². The van der Waals surface area contributed by atoms with Crippen molar-refractivity contribution in [1.29, 1.82) is 0 Å². The average Bonchev–Trinajstić information content (AvgIpc) is 2.81. The number of nitrogens with two attached hydrogens (primary N) is 1. The summed E-state index contributed by atoms with van der Waals surface area (Å²) in [4.78, 5) is 33.8. The van der Waals surface area contributed by atoms with Crippen LogP contribution in [0.1, 0.15) is 50.5 Å². The minimum Gasteiger partial charge on any atom is -0.388 e. The van der Waals surface area contributed by atoms with E-state index in [2.05, 4.69) is 16.8 Å². The highest BCUT2D eigenvalue weighted by Gasteiger charge is 2.35. The number of hydrogen-bond donors (Lipinski definition) is 2. The zero-order chi connectivity index (χ0) is 23.4. The summed E-state index contributed by atoms with van der Waals surface area (Å²) in [5.74, 6) is 0.903. The number of anilines is 1. The van der Waals surface area contributed by atoms with Crippen molar-refractivity contribution in [2.75, 3.05) is 31.1 Å². The number of amides is 1. The van der Waals surface area contributed by atoms with Crippen LogP contribution in [0, 0.1) is 0 Å². The Morgan fingerprint density at radius 3 is 2.59 bits per heavy atom. The number of carbonyl (C=O) groups excluding carboxylic acids is 1. The second-order valence-electron chi connectivity index (χ2n) is 9.68. The summed E-state index contributed by atoms with van der Waals surface area (Å²) in [6.45, 7) is 4.77. The number of nitrogens with zero attached hydrogens (tertiary/aromatic N) is 4. The van der Waals surface area contributed by atoms with E-state index in [1.165, 1.54) is 17.0 Å². The highest BCUT2D eigenvalue weighted by molar-refractivity contribution is 5.85. The van der Waals surface area contributed by atoms with Gasteiger partial charge in [-0.3, -0.25) is 14.2 Å². The third-order valence-electron chi connectivity index (χ3n) is 7.01. The Morgan fingerprint density at radius 2 is 1.94 bits per heavy atom. The van der Waals surface area contributed by atoms with Gasteiger partial charge in [-0.2, -0.15) is 0 Å². The lowest BCUT2D eigenvalue weighted by molar-refractivity contribution is -0.136. The molecule has 0 spiro atoms. The third-order valence-corrected chi connectivity index (χ3v) is 7.01. The van der Waals surface area contributed by atoms with Crippen molar-refractivity contribution in [2.24, 2.45) is 5.73 Å². The Labute approximate surface area is 207 Å². The summed E-state index contributed by atoms with van der Waals surface area (Å²) < 4.78 is 1.47. The maximum Gasteiger partial charge on any atom is 0.255 e. The molecule has 3 N–H and O–H groups in total. The van der Waals surface area contributed by atoms with Crippen LogP contribution in [-0.4, -0.2) is 63.3 Å². The first kappa shape index (κ1) is 26.2. The van der Waals surface area contributed by atoms with Crippen molar-refractivity contribution in [3.05, 3.63) is 58.6 Å². The van der Waals surface area contributed by atoms with Gasteiger partial charge < -0.3 is 20.6 Å². The van der Waals surface area contributed by atoms with E-state index >= 15 is 0 Å². The smallest absolute Gasteiger partial charge is 0.255 e. The maximum atomic E-state index is 12.8. The van der Waals surface area contributed by atoms with Crippen molar-refractivity contribution < 1.29 is 9.90 Å². The van der Waals surface area contributed by atoms with E-state index < -0.39 is 5.60 Å². The SMILES string of the molecule is CC(CC(=O)N1CCC(O)(Cn2cnc(N3CCC[C@H](N)C3)cc2=O)CC1)c1ccccc1.Cl. The topological polar surface area (TPSA) is 105 Å². The van der Waals surface area contributed by atoms with Gasteiger partial charge in [0.05, 0.1) is 18.5 Å². The normalized spacial score (nSPS) is 21.0. The Balaban J connectivity index is 0.00000324. The number of rotatable bonds is 6. The number of halogens is 1. The fourth-order valence-electron chi connectivity index (χ4n) is 4.86. The first-order chi connectivity index (χ1) is 15.8. The first-order valence-electron chi connectivity index (χ1n) is 12.0. The Hall–Kier alpha value is -2.42. The van der Waals surface area contributed by atoms with Gasteiger partial charge in [0.1, 0.15) is 5.82 Å². The first-order valence-corrected chi connectivity index (χ1v) is 12.0. The molecule has 2 atom stereocenters. The lowest BCUT2D eigenvalue weighted by atomic mass is 9.90. The standard InChI is InChI=1S/C25H35N5O3.ClH/c1-19(20-6-3-2-4-7-20)14-23(31)28-12-9-25(33,10-13-28)17-30-18-27-22(15-24(30)32)29-11-5-8-21(26)16-29;/h2-4,6-7,15,18-19,21,33H,5,8-14,16-17,26H2,1H3;1H/t19?,21-;/m0./s1. The van der Waals surface area contributed by atoms with Crippen LogP contribution in [0.2, 0.25) is 0 Å². The molecule has 9 heteroatoms. The van der Waals surface area contributed by atoms with E-state index in [9.17, 15) is 14.7 Å². The van der Waals surface area contributed by atoms with Crippen LogP contribution >= 0.6 is 12.4 Å². The molecule has 0 saturated carbocycles. The quantitative estimate of drug-likeness (QED) is 0.644. The van der Waals surface area contributed by atoms with Gasteiger partial charge in [0.25, 0.3) is 5.56 Å². The fraction of sp³-hybridized carbons (Fsp3) is 0.560. The highest BCUT2D eigenvalue weighted by Crippen LogP contribution is 2.26. The lowest BCUT2D eigenvalue weighted by Crippen LogP contribution is -2.50. The second-order valence-corrected chi connectivity index (χ2v) is 9.68. The Bertz CT molecular complexity index is 1010. The molecule has 3 heterocycles. The van der Waals surface area contributed by atoms with Crippen molar-refractivity contribution >= 4 is 24.1 Å². The number of piperidine rings is 2. The molecule has 34 heavy (non-hydrogen) atoms. The predicted octanol–water partition coefficient (Wildman–Crippen LogP) is 2.14. The number of likely N-dealkylation sites (tertiary alicyclic amines) is 1. The molecule has 1 unspecified atom stereocenters. The number of benzene rings is 1. The average molecular weight is 490 g/mol. The van der Waals surface area contributed by atoms with Crippen LogP contribution < -0.4 is 16.2 Å². The highest BCUT2D eigenvalue weighted by atomic mass is 35.5. The fourth-order valence-corrected chi connectivity index (χ4v) is 4.86. The summed E-state index contributed by atoms with van der Waals surface area (Å²) in [5.41, 5.74) is 6.00. The molecule has 2 saturated heterocycles. The van der Waals surface area contributed by atoms with Crippen LogP contribution in [-0.2, 0) is 11.3 Å². The maximum absolute atomic E-state index is 12.8. The van der Waals surface area contributed by atoms with E-state index in [1.54, 1.807) is 0 Å². The Kier molecular flexibility index (Phi) is 8.73. The van der Waals surface area contributed by atoms with Crippen molar-refractivity contribution in [1.82, 2.24) is 14.5 Å². The zero-order valence-corrected chi connectivity index (χ0v) is 20.6. The zero-order valence-electron chi connectivity index (χ0n) is 19.8. The number of aromatic nitrogens is 2. The molecule has 2 aliphatic rings. The molecule has 0 aliphatic carbocycles. The summed E-state index contributed by atoms with van der Waals surface area (Å²) in [5, 5.41) is 11.1. The minimum absolute atomic E-state index is 0. The lowest BCUT2D eigenvalue weighted by Gasteiger charge is -2.38. The molecular weight excluding hydrogens is 454 g/mol. The van der Waals surface area contributed by atoms with Crippen LogP contribution in [0.15, 0.2) is 47.5 Å². The molecule has 2 aromatic rings. The third kappa shape index (κ3) is 6.37. The van der Waals surface area contributed by atoms with Gasteiger partial charge in [0.15, 0.2) is 0 Å². The van der Waals surface area contributed by atoms with Gasteiger partial charge in [-0.1, -0.05) is 37.3 Å². The summed E-state index contributed by atoms with van der Waals surface area (Å²) in [6.07, 6.45) is 4.83. The Morgan fingerprint density at radius 1 is 1.24 bits per heavy atom. The molecule has 1 aromatic heterocycles. The number of aliphatic hydroxyl groups is 1. The largest absolute Gasteiger partial charge is 0.388 e. The van der Waals surface area contributed by atoms with Gasteiger partial charge in [-0.15, -0.1) is 12.4 Å². The molecule has 0 radical (unpaired) electrons. The van der Waals surface area contributed by atoms with Gasteiger partial charge in [0.2, 0.25) is 5.91 Å². The van der Waals surface area contributed by atoms with Crippen molar-refractivity contribution in [3.63, 3.8) is 0 Å². The van der Waals surface area contributed by atoms with Gasteiger partial charge in [-0.25, -0.2) is 4.98 Å². The van der Waals surface area contributed by atoms with Gasteiger partial charge in [-0.05, 0) is 37.2 Å². The second kappa shape index (κ2) is 11.3. The van der Waals surface area contributed by atoms with Crippen LogP contribution in [0.5, 0.6) is 0 Å². The molecule has 8 nitrogen and oxygen atoms in total. The molecular formula is C25H36ClN5O3. The van der Waals surface area contributed by atoms with Gasteiger partial charge >= 0.3 is 0 Å². The molecule has 2 fully saturated rings. The van der Waals surface area contributed by atoms with Crippen LogP contribution in [0.25, 0.3) is 0 Å². The van der Waals surface area contributed by atoms with Gasteiger partial charge in [0, 0.05) is 44.7 Å². The molecule has 1 amide bonds. The molecule has 4 rings (SSSR count). The van der Waals surface area contributed by atoms with E-state index in [-0.39, 0.29) is 42.4 Å². The van der Waals surface area contributed by atoms with Crippen molar-refractivity contribution in [2.45, 2.75) is 63.1 Å².